The molecule has 4 heterocycles. The summed E-state index contributed by atoms with van der Waals surface area (Å²) in [6, 6.07) is 62.7. The van der Waals surface area contributed by atoms with Gasteiger partial charge in [-0.05, 0) is 83.9 Å². The van der Waals surface area contributed by atoms with Gasteiger partial charge in [0.15, 0.2) is 17.5 Å². The summed E-state index contributed by atoms with van der Waals surface area (Å²) in [5.74, 6) is 1.75. The average Bonchev–Trinajstić information content (AvgIpc) is 3.96. The predicted octanol–water partition coefficient (Wildman–Crippen LogP) is 13.4. The van der Waals surface area contributed by atoms with E-state index in [1.807, 2.05) is 42.5 Å². The lowest BCUT2D eigenvalue weighted by Crippen LogP contribution is -2.01. The van der Waals surface area contributed by atoms with Gasteiger partial charge in [0.25, 0.3) is 0 Å². The number of fused-ring (bicyclic) bond motifs is 10. The Balaban J connectivity index is 1.01. The zero-order valence-corrected chi connectivity index (χ0v) is 30.4. The Morgan fingerprint density at radius 3 is 1.68 bits per heavy atom. The number of nitrogens with zero attached hydrogens (tertiary/aromatic N) is 4. The van der Waals surface area contributed by atoms with Gasteiger partial charge < -0.3 is 13.4 Å². The first kappa shape index (κ1) is 31.5. The molecular weight excluding hydrogens is 701 g/mol. The molecule has 12 rings (SSSR count). The maximum atomic E-state index is 6.52. The number of hydrogen-bond acceptors (Lipinski definition) is 5. The fraction of sp³-hybridized carbons (Fsp3) is 0. The molecule has 266 valence electrons. The van der Waals surface area contributed by atoms with Gasteiger partial charge in [0, 0.05) is 49.3 Å². The molecule has 0 amide bonds. The van der Waals surface area contributed by atoms with E-state index >= 15 is 0 Å². The Morgan fingerprint density at radius 1 is 0.333 bits per heavy atom. The van der Waals surface area contributed by atoms with Crippen molar-refractivity contribution in [3.8, 4) is 51.0 Å². The van der Waals surface area contributed by atoms with E-state index in [-0.39, 0.29) is 0 Å². The Morgan fingerprint density at radius 2 is 0.895 bits per heavy atom. The second kappa shape index (κ2) is 12.3. The number of aromatic nitrogens is 4. The van der Waals surface area contributed by atoms with Crippen LogP contribution in [0.1, 0.15) is 0 Å². The van der Waals surface area contributed by atoms with Crippen LogP contribution in [0.15, 0.2) is 191 Å². The molecule has 0 bridgehead atoms. The molecule has 6 nitrogen and oxygen atoms in total. The van der Waals surface area contributed by atoms with Crippen molar-refractivity contribution in [3.63, 3.8) is 0 Å². The van der Waals surface area contributed by atoms with Crippen LogP contribution < -0.4 is 0 Å². The number of furan rings is 2. The summed E-state index contributed by atoms with van der Waals surface area (Å²) in [4.78, 5) is 15.3. The van der Waals surface area contributed by atoms with Gasteiger partial charge in [-0.3, -0.25) is 0 Å². The van der Waals surface area contributed by atoms with Gasteiger partial charge in [-0.1, -0.05) is 109 Å². The van der Waals surface area contributed by atoms with Crippen molar-refractivity contribution in [2.24, 2.45) is 0 Å². The maximum absolute atomic E-state index is 6.52. The van der Waals surface area contributed by atoms with Crippen LogP contribution in [0.4, 0.5) is 0 Å². The van der Waals surface area contributed by atoms with Crippen molar-refractivity contribution >= 4 is 65.7 Å². The molecule has 0 atom stereocenters. The molecule has 0 unspecified atom stereocenters. The molecule has 0 spiro atoms. The third-order valence-electron chi connectivity index (χ3n) is 11.1. The first-order chi connectivity index (χ1) is 28.2. The maximum Gasteiger partial charge on any atom is 0.164 e. The fourth-order valence-corrected chi connectivity index (χ4v) is 8.37. The topological polar surface area (TPSA) is 69.9 Å². The van der Waals surface area contributed by atoms with E-state index in [4.69, 9.17) is 23.8 Å². The molecule has 12 aromatic rings. The van der Waals surface area contributed by atoms with E-state index in [9.17, 15) is 0 Å². The highest BCUT2D eigenvalue weighted by Crippen LogP contribution is 2.41. The molecule has 8 aromatic carbocycles. The highest BCUT2D eigenvalue weighted by molar-refractivity contribution is 6.23. The van der Waals surface area contributed by atoms with Crippen LogP contribution in [0.2, 0.25) is 0 Å². The van der Waals surface area contributed by atoms with Gasteiger partial charge in [-0.25, -0.2) is 15.0 Å². The molecule has 6 heteroatoms. The fourth-order valence-electron chi connectivity index (χ4n) is 8.37. The highest BCUT2D eigenvalue weighted by atomic mass is 16.3. The quantitative estimate of drug-likeness (QED) is 0.176. The minimum absolute atomic E-state index is 0.573. The molecule has 0 saturated heterocycles. The molecule has 0 fully saturated rings. The molecule has 0 aliphatic rings. The van der Waals surface area contributed by atoms with Crippen molar-refractivity contribution < 1.29 is 8.83 Å². The summed E-state index contributed by atoms with van der Waals surface area (Å²) < 4.78 is 15.1. The summed E-state index contributed by atoms with van der Waals surface area (Å²) in [5.41, 5.74) is 11.5. The summed E-state index contributed by atoms with van der Waals surface area (Å²) in [5, 5.41) is 6.63. The first-order valence-electron chi connectivity index (χ1n) is 19.0. The molecular formula is C51H30N4O2. The van der Waals surface area contributed by atoms with Crippen molar-refractivity contribution in [2.75, 3.05) is 0 Å². The average molecular weight is 731 g/mol. The molecule has 4 aromatic heterocycles. The molecule has 0 radical (unpaired) electrons. The number of benzene rings is 8. The number of hydrogen-bond donors (Lipinski definition) is 0. The summed E-state index contributed by atoms with van der Waals surface area (Å²) in [6.07, 6.45) is 0. The van der Waals surface area contributed by atoms with E-state index < -0.39 is 0 Å². The number of rotatable bonds is 5. The summed E-state index contributed by atoms with van der Waals surface area (Å²) >= 11 is 0. The van der Waals surface area contributed by atoms with Crippen LogP contribution >= 0.6 is 0 Å². The van der Waals surface area contributed by atoms with Crippen molar-refractivity contribution in [2.45, 2.75) is 0 Å². The van der Waals surface area contributed by atoms with E-state index in [0.717, 1.165) is 99.2 Å². The first-order valence-corrected chi connectivity index (χ1v) is 19.0. The van der Waals surface area contributed by atoms with Crippen LogP contribution in [0, 0.1) is 0 Å². The van der Waals surface area contributed by atoms with Gasteiger partial charge in [-0.15, -0.1) is 0 Å². The van der Waals surface area contributed by atoms with Crippen molar-refractivity contribution in [1.82, 2.24) is 19.5 Å². The van der Waals surface area contributed by atoms with E-state index in [1.165, 1.54) is 0 Å². The standard InChI is InChI=1S/C51H30N4O2/c1-2-11-31(12-3-1)33-13-10-14-34(29-33)50-52-49(53-51(54-50)35-23-26-39-37-15-5-8-19-44(37)56-46(39)30-35)32-21-24-36(25-22-32)55-42-18-7-4-17-41(42)47-43(55)28-27-40-38-16-6-9-20-45(38)57-48(40)47/h1-30H. The van der Waals surface area contributed by atoms with Crippen molar-refractivity contribution in [1.29, 1.82) is 0 Å². The van der Waals surface area contributed by atoms with Gasteiger partial charge in [0.05, 0.1) is 16.4 Å². The lowest BCUT2D eigenvalue weighted by atomic mass is 10.0. The summed E-state index contributed by atoms with van der Waals surface area (Å²) in [7, 11) is 0. The van der Waals surface area contributed by atoms with Crippen LogP contribution in [-0.2, 0) is 0 Å². The summed E-state index contributed by atoms with van der Waals surface area (Å²) in [6.45, 7) is 0. The Bertz CT molecular complexity index is 3520. The number of para-hydroxylation sites is 3. The minimum atomic E-state index is 0.573. The predicted molar refractivity (Wildman–Crippen MR) is 230 cm³/mol. The largest absolute Gasteiger partial charge is 0.456 e. The van der Waals surface area contributed by atoms with E-state index in [1.54, 1.807) is 0 Å². The highest BCUT2D eigenvalue weighted by Gasteiger charge is 2.20. The molecule has 0 aliphatic carbocycles. The van der Waals surface area contributed by atoms with Crippen LogP contribution in [0.5, 0.6) is 0 Å². The third kappa shape index (κ3) is 5.01. The Labute approximate surface area is 325 Å². The van der Waals surface area contributed by atoms with Crippen LogP contribution in [0.3, 0.4) is 0 Å². The SMILES string of the molecule is c1ccc(-c2cccc(-c3nc(-c4ccc(-n5c6ccccc6c6c7oc8ccccc8c7ccc65)cc4)nc(-c4ccc5c(c4)oc4ccccc45)n3)c2)cc1. The zero-order valence-electron chi connectivity index (χ0n) is 30.4. The smallest absolute Gasteiger partial charge is 0.164 e. The Kier molecular flexibility index (Phi) is 6.83. The zero-order chi connectivity index (χ0) is 37.5. The molecule has 57 heavy (non-hydrogen) atoms. The molecule has 0 aliphatic heterocycles. The lowest BCUT2D eigenvalue weighted by Gasteiger charge is -2.11. The second-order valence-electron chi connectivity index (χ2n) is 14.4. The second-order valence-corrected chi connectivity index (χ2v) is 14.4. The van der Waals surface area contributed by atoms with Crippen molar-refractivity contribution in [3.05, 3.63) is 182 Å². The van der Waals surface area contributed by atoms with Gasteiger partial charge in [0.1, 0.15) is 22.3 Å². The van der Waals surface area contributed by atoms with Crippen LogP contribution in [-0.4, -0.2) is 19.5 Å². The lowest BCUT2D eigenvalue weighted by molar-refractivity contribution is 0.669. The van der Waals surface area contributed by atoms with Gasteiger partial charge >= 0.3 is 0 Å². The van der Waals surface area contributed by atoms with Gasteiger partial charge in [-0.2, -0.15) is 0 Å². The monoisotopic (exact) mass is 730 g/mol. The van der Waals surface area contributed by atoms with Crippen LogP contribution in [0.25, 0.3) is 117 Å². The minimum Gasteiger partial charge on any atom is -0.456 e. The molecule has 0 saturated carbocycles. The Hall–Kier alpha value is -7.83. The van der Waals surface area contributed by atoms with Gasteiger partial charge in [0.2, 0.25) is 0 Å². The normalized spacial score (nSPS) is 11.9. The third-order valence-corrected chi connectivity index (χ3v) is 11.1. The molecule has 0 N–H and O–H groups in total. The van der Waals surface area contributed by atoms with E-state index in [2.05, 4.69) is 144 Å². The van der Waals surface area contributed by atoms with E-state index in [0.29, 0.717) is 17.5 Å².